The van der Waals surface area contributed by atoms with Crippen LogP contribution in [0.2, 0.25) is 0 Å². The van der Waals surface area contributed by atoms with Gasteiger partial charge in [0.1, 0.15) is 0 Å². The molecule has 0 saturated carbocycles. The number of hydrogen-bond donors (Lipinski definition) is 3. The number of amides is 2. The summed E-state index contributed by atoms with van der Waals surface area (Å²) in [7, 11) is -3.55. The lowest BCUT2D eigenvalue weighted by Crippen LogP contribution is -2.55. The van der Waals surface area contributed by atoms with Crippen molar-refractivity contribution in [2.24, 2.45) is 0 Å². The van der Waals surface area contributed by atoms with Crippen LogP contribution >= 0.6 is 12.4 Å². The monoisotopic (exact) mass is 403 g/mol. The van der Waals surface area contributed by atoms with Gasteiger partial charge in [0.05, 0.1) is 0 Å². The van der Waals surface area contributed by atoms with Crippen LogP contribution in [0.15, 0.2) is 24.3 Å². The molecule has 26 heavy (non-hydrogen) atoms. The molecule has 1 aliphatic rings. The first-order valence-electron chi connectivity index (χ1n) is 8.40. The Hall–Kier alpha value is -1.64. The van der Waals surface area contributed by atoms with Gasteiger partial charge in [-0.3, -0.25) is 9.59 Å². The molecule has 1 aliphatic heterocycles. The minimum atomic E-state index is -3.55. The van der Waals surface area contributed by atoms with Crippen LogP contribution in [0.25, 0.3) is 0 Å². The number of halogens is 1. The summed E-state index contributed by atoms with van der Waals surface area (Å²) in [4.78, 5) is 24.6. The number of carbonyl (C=O) groups excluding carboxylic acids is 2. The molecule has 2 rings (SSSR count). The summed E-state index contributed by atoms with van der Waals surface area (Å²) in [5.74, 6) is -0.689. The summed E-state index contributed by atoms with van der Waals surface area (Å²) in [6.07, 6.45) is 2.45. The molecule has 3 N–H and O–H groups in total. The van der Waals surface area contributed by atoms with Gasteiger partial charge in [0.2, 0.25) is 5.91 Å². The molecule has 0 bridgehead atoms. The van der Waals surface area contributed by atoms with Gasteiger partial charge >= 0.3 is 0 Å². The van der Waals surface area contributed by atoms with Crippen molar-refractivity contribution in [2.75, 3.05) is 31.2 Å². The van der Waals surface area contributed by atoms with Crippen LogP contribution in [-0.4, -0.2) is 50.9 Å². The average molecular weight is 404 g/mol. The van der Waals surface area contributed by atoms with E-state index in [1.165, 1.54) is 0 Å². The summed E-state index contributed by atoms with van der Waals surface area (Å²) < 4.78 is 23.1. The van der Waals surface area contributed by atoms with E-state index in [-0.39, 0.29) is 31.2 Å². The number of rotatable bonds is 6. The molecule has 0 radical (unpaired) electrons. The zero-order valence-electron chi connectivity index (χ0n) is 15.0. The fourth-order valence-electron chi connectivity index (χ4n) is 2.89. The van der Waals surface area contributed by atoms with Crippen LogP contribution in [-0.2, 0) is 14.6 Å². The van der Waals surface area contributed by atoms with Gasteiger partial charge in [-0.05, 0) is 56.6 Å². The Balaban J connectivity index is 0.00000338. The van der Waals surface area contributed by atoms with E-state index < -0.39 is 20.5 Å². The van der Waals surface area contributed by atoms with Gasteiger partial charge < -0.3 is 16.0 Å². The molecule has 0 spiro atoms. The van der Waals surface area contributed by atoms with Gasteiger partial charge in [-0.15, -0.1) is 12.4 Å². The molecule has 7 nitrogen and oxygen atoms in total. The minimum absolute atomic E-state index is 0. The number of benzene rings is 1. The molecular formula is C17H26ClN3O4S. The van der Waals surface area contributed by atoms with Crippen LogP contribution in [0.5, 0.6) is 0 Å². The number of carbonyl (C=O) groups is 2. The van der Waals surface area contributed by atoms with Gasteiger partial charge in [0.25, 0.3) is 5.91 Å². The lowest BCUT2D eigenvalue weighted by atomic mass is 9.95. The first-order chi connectivity index (χ1) is 11.8. The van der Waals surface area contributed by atoms with Crippen molar-refractivity contribution in [3.63, 3.8) is 0 Å². The standard InChI is InChI=1S/C17H25N3O4S.ClH/c1-3-10-19-15(21)13-4-6-14(7-5-13)20-16(22)17(25(2,23)24)8-11-18-12-9-17;/h4-7,18H,3,8-12H2,1-2H3,(H,19,21)(H,20,22);1H. The lowest BCUT2D eigenvalue weighted by Gasteiger charge is -2.34. The zero-order chi connectivity index (χ0) is 18.5. The molecule has 0 aliphatic carbocycles. The van der Waals surface area contributed by atoms with Crippen molar-refractivity contribution in [3.8, 4) is 0 Å². The second-order valence-electron chi connectivity index (χ2n) is 6.30. The Morgan fingerprint density at radius 3 is 2.23 bits per heavy atom. The Bertz CT molecular complexity index is 729. The highest BCUT2D eigenvalue weighted by Crippen LogP contribution is 2.29. The van der Waals surface area contributed by atoms with Crippen LogP contribution in [0, 0.1) is 0 Å². The van der Waals surface area contributed by atoms with Gasteiger partial charge in [0, 0.05) is 24.1 Å². The second kappa shape index (κ2) is 9.34. The third-order valence-electron chi connectivity index (χ3n) is 4.48. The summed E-state index contributed by atoms with van der Waals surface area (Å²) >= 11 is 0. The summed E-state index contributed by atoms with van der Waals surface area (Å²) in [5, 5.41) is 8.54. The summed E-state index contributed by atoms with van der Waals surface area (Å²) in [5.41, 5.74) is 0.963. The van der Waals surface area contributed by atoms with E-state index in [0.29, 0.717) is 30.9 Å². The smallest absolute Gasteiger partial charge is 0.251 e. The molecule has 146 valence electrons. The second-order valence-corrected chi connectivity index (χ2v) is 8.63. The first kappa shape index (κ1) is 22.4. The molecule has 1 heterocycles. The highest BCUT2D eigenvalue weighted by atomic mass is 35.5. The highest BCUT2D eigenvalue weighted by Gasteiger charge is 2.48. The van der Waals surface area contributed by atoms with Gasteiger partial charge in [-0.1, -0.05) is 6.92 Å². The Morgan fingerprint density at radius 2 is 1.73 bits per heavy atom. The summed E-state index contributed by atoms with van der Waals surface area (Å²) in [6.45, 7) is 3.54. The Morgan fingerprint density at radius 1 is 1.15 bits per heavy atom. The molecular weight excluding hydrogens is 378 g/mol. The topological polar surface area (TPSA) is 104 Å². The van der Waals surface area contributed by atoms with E-state index in [0.717, 1.165) is 12.7 Å². The molecule has 9 heteroatoms. The summed E-state index contributed by atoms with van der Waals surface area (Å²) in [6, 6.07) is 6.43. The van der Waals surface area contributed by atoms with Crippen LogP contribution < -0.4 is 16.0 Å². The molecule has 2 amide bonds. The quantitative estimate of drug-likeness (QED) is 0.665. The van der Waals surface area contributed by atoms with E-state index in [4.69, 9.17) is 0 Å². The molecule has 0 aromatic heterocycles. The van der Waals surface area contributed by atoms with E-state index >= 15 is 0 Å². The molecule has 1 fully saturated rings. The largest absolute Gasteiger partial charge is 0.352 e. The van der Waals surface area contributed by atoms with Crippen LogP contribution in [0.4, 0.5) is 5.69 Å². The minimum Gasteiger partial charge on any atom is -0.352 e. The zero-order valence-corrected chi connectivity index (χ0v) is 16.6. The SMILES string of the molecule is CCCNC(=O)c1ccc(NC(=O)C2(S(C)(=O)=O)CCNCC2)cc1.Cl. The van der Waals surface area contributed by atoms with Crippen molar-refractivity contribution < 1.29 is 18.0 Å². The number of sulfone groups is 1. The maximum Gasteiger partial charge on any atom is 0.251 e. The molecule has 0 unspecified atom stereocenters. The van der Waals surface area contributed by atoms with Crippen molar-refractivity contribution in [1.82, 2.24) is 10.6 Å². The highest BCUT2D eigenvalue weighted by molar-refractivity contribution is 7.92. The van der Waals surface area contributed by atoms with E-state index in [2.05, 4.69) is 16.0 Å². The normalized spacial score (nSPS) is 16.2. The van der Waals surface area contributed by atoms with Crippen molar-refractivity contribution >= 4 is 39.7 Å². The number of anilines is 1. The van der Waals surface area contributed by atoms with Gasteiger partial charge in [-0.2, -0.15) is 0 Å². The predicted molar refractivity (Wildman–Crippen MR) is 105 cm³/mol. The molecule has 1 saturated heterocycles. The maximum atomic E-state index is 12.7. The first-order valence-corrected chi connectivity index (χ1v) is 10.3. The van der Waals surface area contributed by atoms with Gasteiger partial charge in [-0.25, -0.2) is 8.42 Å². The van der Waals surface area contributed by atoms with E-state index in [9.17, 15) is 18.0 Å². The molecule has 0 atom stereocenters. The predicted octanol–water partition coefficient (Wildman–Crippen LogP) is 1.35. The Kier molecular flexibility index (Phi) is 8.05. The maximum absolute atomic E-state index is 12.7. The number of hydrogen-bond acceptors (Lipinski definition) is 5. The molecule has 1 aromatic carbocycles. The fourth-order valence-corrected chi connectivity index (χ4v) is 4.22. The third kappa shape index (κ3) is 4.96. The van der Waals surface area contributed by atoms with Crippen LogP contribution in [0.1, 0.15) is 36.5 Å². The van der Waals surface area contributed by atoms with E-state index in [1.807, 2.05) is 6.92 Å². The number of piperidine rings is 1. The molecule has 1 aromatic rings. The average Bonchev–Trinajstić information content (AvgIpc) is 2.60. The van der Waals surface area contributed by atoms with Crippen molar-refractivity contribution in [3.05, 3.63) is 29.8 Å². The van der Waals surface area contributed by atoms with Crippen LogP contribution in [0.3, 0.4) is 0 Å². The van der Waals surface area contributed by atoms with Crippen molar-refractivity contribution in [1.29, 1.82) is 0 Å². The fraction of sp³-hybridized carbons (Fsp3) is 0.529. The van der Waals surface area contributed by atoms with Gasteiger partial charge in [0.15, 0.2) is 14.6 Å². The van der Waals surface area contributed by atoms with Crippen molar-refractivity contribution in [2.45, 2.75) is 30.9 Å². The lowest BCUT2D eigenvalue weighted by molar-refractivity contribution is -0.119. The number of nitrogens with one attached hydrogen (secondary N) is 3. The third-order valence-corrected chi connectivity index (χ3v) is 6.49. The Labute approximate surface area is 160 Å². The van der Waals surface area contributed by atoms with E-state index in [1.54, 1.807) is 24.3 Å².